The standard InChI is InChI=1S/C16H16BrF3O3/c1-7-11(15(2,3)4)10(17)6-8-5-9(14(21)22)13(16(18,19)20)23-12(7)8/h5-6,13H,1-4H3,(H,21,22). The molecule has 1 N–H and O–H groups in total. The van der Waals surface area contributed by atoms with E-state index in [1.165, 1.54) is 0 Å². The molecule has 1 unspecified atom stereocenters. The van der Waals surface area contributed by atoms with Gasteiger partial charge in [-0.2, -0.15) is 13.2 Å². The lowest BCUT2D eigenvalue weighted by atomic mass is 9.82. The second kappa shape index (κ2) is 5.54. The van der Waals surface area contributed by atoms with Gasteiger partial charge in [-0.1, -0.05) is 36.7 Å². The van der Waals surface area contributed by atoms with Crippen LogP contribution in [0.4, 0.5) is 13.2 Å². The van der Waals surface area contributed by atoms with E-state index in [1.807, 2.05) is 20.8 Å². The van der Waals surface area contributed by atoms with E-state index in [0.29, 0.717) is 15.6 Å². The smallest absolute Gasteiger partial charge is 0.430 e. The van der Waals surface area contributed by atoms with E-state index < -0.39 is 23.8 Å². The maximum atomic E-state index is 13.2. The van der Waals surface area contributed by atoms with Gasteiger partial charge in [0.2, 0.25) is 6.10 Å². The van der Waals surface area contributed by atoms with Gasteiger partial charge >= 0.3 is 12.1 Å². The van der Waals surface area contributed by atoms with Crippen molar-refractivity contribution in [2.75, 3.05) is 0 Å². The third-order valence-corrected chi connectivity index (χ3v) is 4.25. The third kappa shape index (κ3) is 3.24. The zero-order valence-corrected chi connectivity index (χ0v) is 14.6. The lowest BCUT2D eigenvalue weighted by molar-refractivity contribution is -0.187. The summed E-state index contributed by atoms with van der Waals surface area (Å²) in [6.07, 6.45) is -6.24. The zero-order chi connectivity index (χ0) is 17.7. The highest BCUT2D eigenvalue weighted by molar-refractivity contribution is 9.10. The minimum atomic E-state index is -4.80. The maximum Gasteiger partial charge on any atom is 0.430 e. The summed E-state index contributed by atoms with van der Waals surface area (Å²) in [4.78, 5) is 11.2. The van der Waals surface area contributed by atoms with Gasteiger partial charge in [0.05, 0.1) is 5.57 Å². The monoisotopic (exact) mass is 392 g/mol. The number of carboxylic acids is 1. The van der Waals surface area contributed by atoms with Gasteiger partial charge in [0, 0.05) is 10.0 Å². The van der Waals surface area contributed by atoms with Gasteiger partial charge < -0.3 is 9.84 Å². The van der Waals surface area contributed by atoms with Crippen molar-refractivity contribution in [3.8, 4) is 5.75 Å². The Balaban J connectivity index is 2.72. The average molecular weight is 393 g/mol. The Kier molecular flexibility index (Phi) is 4.30. The van der Waals surface area contributed by atoms with Crippen molar-refractivity contribution in [1.29, 1.82) is 0 Å². The summed E-state index contributed by atoms with van der Waals surface area (Å²) in [5.41, 5.74) is 0.576. The fourth-order valence-corrected chi connectivity index (χ4v) is 3.95. The summed E-state index contributed by atoms with van der Waals surface area (Å²) in [6.45, 7) is 7.50. The van der Waals surface area contributed by atoms with E-state index in [2.05, 4.69) is 15.9 Å². The number of hydrogen-bond acceptors (Lipinski definition) is 2. The molecule has 0 aromatic heterocycles. The first-order valence-electron chi connectivity index (χ1n) is 6.86. The Morgan fingerprint density at radius 3 is 2.30 bits per heavy atom. The fourth-order valence-electron chi connectivity index (χ4n) is 2.81. The molecular weight excluding hydrogens is 377 g/mol. The molecule has 1 aromatic carbocycles. The largest absolute Gasteiger partial charge is 0.478 e. The van der Waals surface area contributed by atoms with E-state index in [-0.39, 0.29) is 11.2 Å². The molecule has 0 fully saturated rings. The molecule has 0 spiro atoms. The number of alkyl halides is 3. The highest BCUT2D eigenvalue weighted by Gasteiger charge is 2.49. The molecule has 3 nitrogen and oxygen atoms in total. The summed E-state index contributed by atoms with van der Waals surface area (Å²) < 4.78 is 45.3. The zero-order valence-electron chi connectivity index (χ0n) is 13.0. The van der Waals surface area contributed by atoms with E-state index in [0.717, 1.165) is 11.6 Å². The molecular formula is C16H16BrF3O3. The molecule has 1 heterocycles. The molecule has 1 aliphatic heterocycles. The molecule has 1 atom stereocenters. The number of aliphatic carboxylic acids is 1. The molecule has 0 saturated heterocycles. The van der Waals surface area contributed by atoms with Gasteiger partial charge in [-0.3, -0.25) is 0 Å². The van der Waals surface area contributed by atoms with Gasteiger partial charge in [0.1, 0.15) is 5.75 Å². The summed E-state index contributed by atoms with van der Waals surface area (Å²) in [6, 6.07) is 1.60. The summed E-state index contributed by atoms with van der Waals surface area (Å²) >= 11 is 3.42. The summed E-state index contributed by atoms with van der Waals surface area (Å²) in [5, 5.41) is 9.06. The molecule has 2 rings (SSSR count). The van der Waals surface area contributed by atoms with Crippen LogP contribution in [0.3, 0.4) is 0 Å². The van der Waals surface area contributed by atoms with Crippen molar-refractivity contribution in [3.05, 3.63) is 32.8 Å². The van der Waals surface area contributed by atoms with Crippen LogP contribution in [-0.2, 0) is 10.2 Å². The van der Waals surface area contributed by atoms with Gasteiger partial charge in [0.25, 0.3) is 0 Å². The number of carbonyl (C=O) groups is 1. The van der Waals surface area contributed by atoms with Crippen LogP contribution in [-0.4, -0.2) is 23.4 Å². The highest BCUT2D eigenvalue weighted by atomic mass is 79.9. The third-order valence-electron chi connectivity index (χ3n) is 3.62. The Bertz CT molecular complexity index is 700. The Hall–Kier alpha value is -1.50. The van der Waals surface area contributed by atoms with Gasteiger partial charge in [-0.15, -0.1) is 0 Å². The van der Waals surface area contributed by atoms with E-state index in [4.69, 9.17) is 9.84 Å². The number of carboxylic acid groups (broad SMARTS) is 1. The Morgan fingerprint density at radius 1 is 1.30 bits per heavy atom. The highest BCUT2D eigenvalue weighted by Crippen LogP contribution is 2.44. The number of hydrogen-bond donors (Lipinski definition) is 1. The van der Waals surface area contributed by atoms with Crippen molar-refractivity contribution in [2.45, 2.75) is 45.4 Å². The summed E-state index contributed by atoms with van der Waals surface area (Å²) in [7, 11) is 0. The number of fused-ring (bicyclic) bond motifs is 1. The van der Waals surface area contributed by atoms with Crippen LogP contribution in [0.15, 0.2) is 16.1 Å². The maximum absolute atomic E-state index is 13.2. The molecule has 0 aliphatic carbocycles. The van der Waals surface area contributed by atoms with Crippen molar-refractivity contribution in [1.82, 2.24) is 0 Å². The molecule has 1 aliphatic rings. The number of rotatable bonds is 1. The molecule has 0 saturated carbocycles. The van der Waals surface area contributed by atoms with Gasteiger partial charge in [0.15, 0.2) is 0 Å². The molecule has 0 radical (unpaired) electrons. The van der Waals surface area contributed by atoms with Crippen LogP contribution in [0.5, 0.6) is 5.75 Å². The molecule has 0 bridgehead atoms. The van der Waals surface area contributed by atoms with Crippen LogP contribution < -0.4 is 4.74 Å². The van der Waals surface area contributed by atoms with Crippen LogP contribution in [0.1, 0.15) is 37.5 Å². The molecule has 0 amide bonds. The van der Waals surface area contributed by atoms with Crippen molar-refractivity contribution < 1.29 is 27.8 Å². The predicted molar refractivity (Wildman–Crippen MR) is 83.7 cm³/mol. The Morgan fingerprint density at radius 2 is 1.87 bits per heavy atom. The molecule has 1 aromatic rings. The van der Waals surface area contributed by atoms with Crippen molar-refractivity contribution in [3.63, 3.8) is 0 Å². The Labute approximate surface area is 140 Å². The van der Waals surface area contributed by atoms with Gasteiger partial charge in [-0.05, 0) is 35.6 Å². The topological polar surface area (TPSA) is 46.5 Å². The van der Waals surface area contributed by atoms with Crippen molar-refractivity contribution >= 4 is 28.0 Å². The fraction of sp³-hybridized carbons (Fsp3) is 0.438. The molecule has 126 valence electrons. The first-order valence-corrected chi connectivity index (χ1v) is 7.65. The predicted octanol–water partition coefficient (Wildman–Crippen LogP) is 4.85. The van der Waals surface area contributed by atoms with Crippen molar-refractivity contribution in [2.24, 2.45) is 0 Å². The minimum Gasteiger partial charge on any atom is -0.478 e. The normalized spacial score (nSPS) is 18.1. The quantitative estimate of drug-likeness (QED) is 0.743. The minimum absolute atomic E-state index is 0.0745. The van der Waals surface area contributed by atoms with Crippen LogP contribution >= 0.6 is 15.9 Å². The first-order chi connectivity index (χ1) is 10.3. The second-order valence-electron chi connectivity index (χ2n) is 6.47. The van der Waals surface area contributed by atoms with E-state index in [9.17, 15) is 18.0 Å². The number of benzene rings is 1. The number of halogens is 4. The second-order valence-corrected chi connectivity index (χ2v) is 7.33. The van der Waals surface area contributed by atoms with E-state index in [1.54, 1.807) is 13.0 Å². The summed E-state index contributed by atoms with van der Waals surface area (Å²) in [5.74, 6) is -1.57. The SMILES string of the molecule is Cc1c2c(cc(Br)c1C(C)(C)C)C=C(C(=O)O)C(C(F)(F)F)O2. The van der Waals surface area contributed by atoms with Crippen LogP contribution in [0.25, 0.3) is 6.08 Å². The molecule has 7 heteroatoms. The average Bonchev–Trinajstić information content (AvgIpc) is 2.34. The van der Waals surface area contributed by atoms with Crippen LogP contribution in [0, 0.1) is 6.92 Å². The number of ether oxygens (including phenoxy) is 1. The van der Waals surface area contributed by atoms with Gasteiger partial charge in [-0.25, -0.2) is 4.79 Å². The van der Waals surface area contributed by atoms with E-state index >= 15 is 0 Å². The first kappa shape index (κ1) is 17.8. The lowest BCUT2D eigenvalue weighted by Crippen LogP contribution is -2.40. The van der Waals surface area contributed by atoms with Crippen LogP contribution in [0.2, 0.25) is 0 Å². The lowest BCUT2D eigenvalue weighted by Gasteiger charge is -2.31. The molecule has 23 heavy (non-hydrogen) atoms.